The standard InChI is InChI=1S/C15H12Cl2N4O2/c1-9(22)18-11-3-5-14-19-21(15(23)20(14)8-11)7-10-2-4-12(16)13(17)6-10/h2-6,8H,7H2,1H3,(H,18,22). The predicted molar refractivity (Wildman–Crippen MR) is 89.3 cm³/mol. The van der Waals surface area contributed by atoms with Crippen molar-refractivity contribution in [1.82, 2.24) is 14.2 Å². The Bertz CT molecular complexity index is 962. The molecule has 0 aliphatic rings. The van der Waals surface area contributed by atoms with Gasteiger partial charge in [-0.1, -0.05) is 29.3 Å². The topological polar surface area (TPSA) is 68.4 Å². The molecule has 0 aliphatic carbocycles. The molecule has 1 N–H and O–H groups in total. The van der Waals surface area contributed by atoms with Gasteiger partial charge in [0.25, 0.3) is 0 Å². The van der Waals surface area contributed by atoms with E-state index in [1.165, 1.54) is 22.2 Å². The van der Waals surface area contributed by atoms with Crippen LogP contribution in [0.3, 0.4) is 0 Å². The van der Waals surface area contributed by atoms with E-state index < -0.39 is 0 Å². The van der Waals surface area contributed by atoms with Gasteiger partial charge in [-0.25, -0.2) is 13.9 Å². The summed E-state index contributed by atoms with van der Waals surface area (Å²) in [6.45, 7) is 1.67. The zero-order valence-corrected chi connectivity index (χ0v) is 13.6. The van der Waals surface area contributed by atoms with E-state index in [0.717, 1.165) is 5.56 Å². The molecule has 0 unspecified atom stereocenters. The maximum atomic E-state index is 12.4. The van der Waals surface area contributed by atoms with Crippen LogP contribution in [0.5, 0.6) is 0 Å². The molecule has 8 heteroatoms. The van der Waals surface area contributed by atoms with Crippen LogP contribution >= 0.6 is 23.2 Å². The highest BCUT2D eigenvalue weighted by molar-refractivity contribution is 6.42. The number of hydrogen-bond donors (Lipinski definition) is 1. The van der Waals surface area contributed by atoms with E-state index in [1.54, 1.807) is 30.3 Å². The molecule has 2 heterocycles. The van der Waals surface area contributed by atoms with Gasteiger partial charge in [-0.15, -0.1) is 5.10 Å². The summed E-state index contributed by atoms with van der Waals surface area (Å²) in [5.41, 5.74) is 1.52. The number of hydrogen-bond acceptors (Lipinski definition) is 3. The van der Waals surface area contributed by atoms with Crippen molar-refractivity contribution in [3.05, 3.63) is 62.6 Å². The molecule has 118 valence electrons. The molecule has 0 aliphatic heterocycles. The minimum absolute atomic E-state index is 0.208. The summed E-state index contributed by atoms with van der Waals surface area (Å²) in [6.07, 6.45) is 1.54. The molecule has 0 saturated heterocycles. The van der Waals surface area contributed by atoms with Crippen molar-refractivity contribution in [2.24, 2.45) is 0 Å². The van der Waals surface area contributed by atoms with Gasteiger partial charge in [0.05, 0.1) is 22.3 Å². The van der Waals surface area contributed by atoms with Crippen LogP contribution in [0.15, 0.2) is 41.3 Å². The van der Waals surface area contributed by atoms with E-state index in [2.05, 4.69) is 10.4 Å². The molecule has 0 atom stereocenters. The van der Waals surface area contributed by atoms with E-state index in [-0.39, 0.29) is 18.1 Å². The van der Waals surface area contributed by atoms with E-state index in [1.807, 2.05) is 0 Å². The smallest absolute Gasteiger partial charge is 0.325 e. The SMILES string of the molecule is CC(=O)Nc1ccc2nn(Cc3ccc(Cl)c(Cl)c3)c(=O)n2c1. The largest absolute Gasteiger partial charge is 0.350 e. The van der Waals surface area contributed by atoms with Crippen LogP contribution in [0.4, 0.5) is 5.69 Å². The molecule has 1 aromatic carbocycles. The molecule has 0 fully saturated rings. The van der Waals surface area contributed by atoms with Gasteiger partial charge < -0.3 is 5.32 Å². The van der Waals surface area contributed by atoms with E-state index in [0.29, 0.717) is 21.4 Å². The number of carbonyl (C=O) groups excluding carboxylic acids is 1. The number of aromatic nitrogens is 3. The van der Waals surface area contributed by atoms with E-state index >= 15 is 0 Å². The summed E-state index contributed by atoms with van der Waals surface area (Å²) in [6, 6.07) is 8.51. The lowest BCUT2D eigenvalue weighted by molar-refractivity contribution is -0.114. The van der Waals surface area contributed by atoms with Gasteiger partial charge in [0, 0.05) is 13.1 Å². The maximum absolute atomic E-state index is 12.4. The van der Waals surface area contributed by atoms with Crippen LogP contribution in [0.25, 0.3) is 5.65 Å². The quantitative estimate of drug-likeness (QED) is 0.789. The van der Waals surface area contributed by atoms with Crippen molar-refractivity contribution >= 4 is 40.4 Å². The number of amides is 1. The van der Waals surface area contributed by atoms with Gasteiger partial charge in [-0.05, 0) is 29.8 Å². The lowest BCUT2D eigenvalue weighted by Gasteiger charge is -2.02. The Balaban J connectivity index is 1.98. The first-order chi connectivity index (χ1) is 10.9. The third-order valence-electron chi connectivity index (χ3n) is 3.21. The summed E-state index contributed by atoms with van der Waals surface area (Å²) in [5, 5.41) is 7.77. The number of halogens is 2. The fourth-order valence-corrected chi connectivity index (χ4v) is 2.53. The summed E-state index contributed by atoms with van der Waals surface area (Å²) in [7, 11) is 0. The van der Waals surface area contributed by atoms with Crippen LogP contribution < -0.4 is 11.0 Å². The van der Waals surface area contributed by atoms with Gasteiger partial charge in [0.15, 0.2) is 5.65 Å². The fourth-order valence-electron chi connectivity index (χ4n) is 2.21. The molecule has 23 heavy (non-hydrogen) atoms. The molecular formula is C15H12Cl2N4O2. The molecule has 1 amide bonds. The van der Waals surface area contributed by atoms with Gasteiger partial charge in [-0.3, -0.25) is 4.79 Å². The lowest BCUT2D eigenvalue weighted by atomic mass is 10.2. The summed E-state index contributed by atoms with van der Waals surface area (Å²) in [4.78, 5) is 23.5. The van der Waals surface area contributed by atoms with Crippen molar-refractivity contribution in [3.63, 3.8) is 0 Å². The van der Waals surface area contributed by atoms with Crippen molar-refractivity contribution in [1.29, 1.82) is 0 Å². The van der Waals surface area contributed by atoms with E-state index in [9.17, 15) is 9.59 Å². The second-order valence-corrected chi connectivity index (χ2v) is 5.83. The fraction of sp³-hybridized carbons (Fsp3) is 0.133. The number of nitrogens with zero attached hydrogens (tertiary/aromatic N) is 3. The second-order valence-electron chi connectivity index (χ2n) is 5.02. The molecule has 0 saturated carbocycles. The van der Waals surface area contributed by atoms with Crippen molar-refractivity contribution < 1.29 is 4.79 Å². The second kappa shape index (κ2) is 6.06. The van der Waals surface area contributed by atoms with Crippen molar-refractivity contribution in [2.75, 3.05) is 5.32 Å². The van der Waals surface area contributed by atoms with Crippen LogP contribution in [0.2, 0.25) is 10.0 Å². The third kappa shape index (κ3) is 3.23. The minimum Gasteiger partial charge on any atom is -0.325 e. The highest BCUT2D eigenvalue weighted by Gasteiger charge is 2.09. The molecule has 0 radical (unpaired) electrons. The summed E-state index contributed by atoms with van der Waals surface area (Å²) < 4.78 is 2.70. The van der Waals surface area contributed by atoms with E-state index in [4.69, 9.17) is 23.2 Å². The Kier molecular flexibility index (Phi) is 4.11. The molecule has 2 aromatic heterocycles. The monoisotopic (exact) mass is 350 g/mol. The molecule has 6 nitrogen and oxygen atoms in total. The molecule has 3 aromatic rings. The average Bonchev–Trinajstić information content (AvgIpc) is 2.79. The zero-order valence-electron chi connectivity index (χ0n) is 12.1. The number of benzene rings is 1. The Hall–Kier alpha value is -2.31. The van der Waals surface area contributed by atoms with Crippen LogP contribution in [0.1, 0.15) is 12.5 Å². The van der Waals surface area contributed by atoms with Crippen LogP contribution in [-0.2, 0) is 11.3 Å². The van der Waals surface area contributed by atoms with Gasteiger partial charge in [-0.2, -0.15) is 0 Å². The number of anilines is 1. The number of carbonyl (C=O) groups is 1. The van der Waals surface area contributed by atoms with Crippen molar-refractivity contribution in [2.45, 2.75) is 13.5 Å². The number of nitrogens with one attached hydrogen (secondary N) is 1. The normalized spacial score (nSPS) is 10.9. The van der Waals surface area contributed by atoms with Crippen LogP contribution in [0, 0.1) is 0 Å². The number of fused-ring (bicyclic) bond motifs is 1. The average molecular weight is 351 g/mol. The zero-order chi connectivity index (χ0) is 16.6. The maximum Gasteiger partial charge on any atom is 0.350 e. The Morgan fingerprint density at radius 3 is 2.70 bits per heavy atom. The molecule has 3 rings (SSSR count). The first kappa shape index (κ1) is 15.6. The number of rotatable bonds is 3. The first-order valence-electron chi connectivity index (χ1n) is 6.75. The van der Waals surface area contributed by atoms with Crippen LogP contribution in [-0.4, -0.2) is 20.1 Å². The minimum atomic E-state index is -0.307. The Morgan fingerprint density at radius 2 is 2.00 bits per heavy atom. The molecule has 0 bridgehead atoms. The first-order valence-corrected chi connectivity index (χ1v) is 7.50. The summed E-state index contributed by atoms with van der Waals surface area (Å²) >= 11 is 11.9. The molecule has 0 spiro atoms. The van der Waals surface area contributed by atoms with Gasteiger partial charge in [0.1, 0.15) is 0 Å². The van der Waals surface area contributed by atoms with Crippen molar-refractivity contribution in [3.8, 4) is 0 Å². The van der Waals surface area contributed by atoms with Gasteiger partial charge >= 0.3 is 5.69 Å². The molecular weight excluding hydrogens is 339 g/mol. The third-order valence-corrected chi connectivity index (χ3v) is 3.95. The Labute approximate surface area is 141 Å². The van der Waals surface area contributed by atoms with Gasteiger partial charge in [0.2, 0.25) is 5.91 Å². The predicted octanol–water partition coefficient (Wildman–Crippen LogP) is 2.81. The Morgan fingerprint density at radius 1 is 1.22 bits per heavy atom. The lowest BCUT2D eigenvalue weighted by Crippen LogP contribution is -2.22. The highest BCUT2D eigenvalue weighted by atomic mass is 35.5. The summed E-state index contributed by atoms with van der Waals surface area (Å²) in [5.74, 6) is -0.208. The number of pyridine rings is 1. The highest BCUT2D eigenvalue weighted by Crippen LogP contribution is 2.22.